The summed E-state index contributed by atoms with van der Waals surface area (Å²) in [6.07, 6.45) is 4.04. The quantitative estimate of drug-likeness (QED) is 0.937. The van der Waals surface area contributed by atoms with Crippen LogP contribution in [0, 0.1) is 5.92 Å². The van der Waals surface area contributed by atoms with Crippen molar-refractivity contribution in [1.82, 2.24) is 19.7 Å². The molecule has 7 heteroatoms. The molecule has 6 nitrogen and oxygen atoms in total. The first kappa shape index (κ1) is 14.6. The van der Waals surface area contributed by atoms with Gasteiger partial charge < -0.3 is 10.3 Å². The van der Waals surface area contributed by atoms with Crippen LogP contribution in [0.3, 0.4) is 0 Å². The molecule has 1 fully saturated rings. The van der Waals surface area contributed by atoms with Gasteiger partial charge in [0.15, 0.2) is 5.82 Å². The summed E-state index contributed by atoms with van der Waals surface area (Å²) >= 11 is 1.29. The molecule has 3 rings (SSSR count). The van der Waals surface area contributed by atoms with Crippen LogP contribution in [0.4, 0.5) is 0 Å². The topological polar surface area (TPSA) is 90.7 Å². The summed E-state index contributed by atoms with van der Waals surface area (Å²) in [5.41, 5.74) is 6.94. The molecule has 0 aromatic carbocycles. The van der Waals surface area contributed by atoms with Crippen LogP contribution in [-0.2, 0) is 5.54 Å². The second kappa shape index (κ2) is 5.46. The Morgan fingerprint density at radius 1 is 1.33 bits per heavy atom. The van der Waals surface area contributed by atoms with Gasteiger partial charge in [-0.25, -0.2) is 0 Å². The van der Waals surface area contributed by atoms with Crippen LogP contribution in [0.15, 0.2) is 4.52 Å². The Kier molecular flexibility index (Phi) is 3.79. The van der Waals surface area contributed by atoms with E-state index >= 15 is 0 Å². The first-order chi connectivity index (χ1) is 9.99. The standard InChI is InChI=1S/C14H21N5OS/c1-8(2)10-11(21-19-17-10)12-16-13(18-20-12)14(15)6-4-9(3)5-7-14/h8-9H,4-7,15H2,1-3H3. The van der Waals surface area contributed by atoms with E-state index in [0.29, 0.717) is 11.7 Å². The van der Waals surface area contributed by atoms with Gasteiger partial charge in [0.05, 0.1) is 11.2 Å². The fourth-order valence-corrected chi connectivity index (χ4v) is 3.48. The van der Waals surface area contributed by atoms with Gasteiger partial charge in [-0.1, -0.05) is 30.4 Å². The van der Waals surface area contributed by atoms with E-state index in [2.05, 4.69) is 40.5 Å². The largest absolute Gasteiger partial charge is 0.333 e. The average molecular weight is 307 g/mol. The van der Waals surface area contributed by atoms with E-state index in [9.17, 15) is 0 Å². The number of nitrogens with two attached hydrogens (primary N) is 1. The molecule has 0 unspecified atom stereocenters. The van der Waals surface area contributed by atoms with E-state index < -0.39 is 5.54 Å². The third kappa shape index (κ3) is 2.72. The SMILES string of the molecule is CC1CCC(N)(c2noc(-c3snnc3C(C)C)n2)CC1. The zero-order valence-corrected chi connectivity index (χ0v) is 13.5. The van der Waals surface area contributed by atoms with Crippen molar-refractivity contribution in [2.75, 3.05) is 0 Å². The Balaban J connectivity index is 1.88. The van der Waals surface area contributed by atoms with Crippen molar-refractivity contribution in [1.29, 1.82) is 0 Å². The van der Waals surface area contributed by atoms with Crippen LogP contribution in [0.25, 0.3) is 10.8 Å². The summed E-state index contributed by atoms with van der Waals surface area (Å²) in [5, 5.41) is 8.28. The number of aromatic nitrogens is 4. The van der Waals surface area contributed by atoms with Crippen molar-refractivity contribution in [3.05, 3.63) is 11.5 Å². The molecule has 2 aromatic rings. The number of rotatable bonds is 3. The van der Waals surface area contributed by atoms with Gasteiger partial charge in [0.2, 0.25) is 0 Å². The zero-order valence-electron chi connectivity index (χ0n) is 12.7. The molecule has 1 aliphatic carbocycles. The van der Waals surface area contributed by atoms with E-state index in [1.165, 1.54) is 11.5 Å². The molecule has 0 aliphatic heterocycles. The molecule has 0 spiro atoms. The van der Waals surface area contributed by atoms with Crippen molar-refractivity contribution in [3.8, 4) is 10.8 Å². The van der Waals surface area contributed by atoms with Crippen LogP contribution in [-0.4, -0.2) is 19.7 Å². The summed E-state index contributed by atoms with van der Waals surface area (Å²) in [4.78, 5) is 5.40. The highest BCUT2D eigenvalue weighted by Crippen LogP contribution is 2.37. The first-order valence-corrected chi connectivity index (χ1v) is 8.22. The van der Waals surface area contributed by atoms with Crippen molar-refractivity contribution >= 4 is 11.5 Å². The molecule has 2 heterocycles. The lowest BCUT2D eigenvalue weighted by Gasteiger charge is -2.33. The summed E-state index contributed by atoms with van der Waals surface area (Å²) in [7, 11) is 0. The minimum Gasteiger partial charge on any atom is -0.333 e. The van der Waals surface area contributed by atoms with Crippen LogP contribution >= 0.6 is 11.5 Å². The molecule has 114 valence electrons. The van der Waals surface area contributed by atoms with E-state index in [0.717, 1.165) is 42.2 Å². The predicted octanol–water partition coefficient (Wildman–Crippen LogP) is 3.08. The summed E-state index contributed by atoms with van der Waals surface area (Å²) in [5.74, 6) is 2.11. The normalized spacial score (nSPS) is 26.4. The Bertz CT molecular complexity index is 612. The number of hydrogen-bond acceptors (Lipinski definition) is 7. The molecule has 0 amide bonds. The molecule has 0 saturated heterocycles. The maximum atomic E-state index is 6.49. The molecule has 0 bridgehead atoms. The van der Waals surface area contributed by atoms with Crippen LogP contribution in [0.1, 0.15) is 63.9 Å². The van der Waals surface area contributed by atoms with Crippen LogP contribution in [0.5, 0.6) is 0 Å². The van der Waals surface area contributed by atoms with Crippen molar-refractivity contribution < 1.29 is 4.52 Å². The molecular weight excluding hydrogens is 286 g/mol. The predicted molar refractivity (Wildman–Crippen MR) is 80.8 cm³/mol. The zero-order chi connectivity index (χ0) is 15.0. The highest BCUT2D eigenvalue weighted by molar-refractivity contribution is 7.09. The van der Waals surface area contributed by atoms with Gasteiger partial charge in [-0.05, 0) is 49.1 Å². The molecule has 0 radical (unpaired) electrons. The monoisotopic (exact) mass is 307 g/mol. The summed E-state index contributed by atoms with van der Waals surface area (Å²) in [6.45, 7) is 6.41. The Labute approximate surface area is 128 Å². The molecule has 0 atom stereocenters. The van der Waals surface area contributed by atoms with Crippen molar-refractivity contribution in [2.24, 2.45) is 11.7 Å². The van der Waals surface area contributed by atoms with Gasteiger partial charge in [-0.3, -0.25) is 0 Å². The summed E-state index contributed by atoms with van der Waals surface area (Å²) in [6, 6.07) is 0. The van der Waals surface area contributed by atoms with Crippen LogP contribution in [0.2, 0.25) is 0 Å². The lowest BCUT2D eigenvalue weighted by molar-refractivity contribution is 0.230. The van der Waals surface area contributed by atoms with E-state index in [-0.39, 0.29) is 5.92 Å². The fraction of sp³-hybridized carbons (Fsp3) is 0.714. The smallest absolute Gasteiger partial charge is 0.271 e. The molecule has 1 saturated carbocycles. The molecule has 1 aliphatic rings. The maximum Gasteiger partial charge on any atom is 0.271 e. The average Bonchev–Trinajstić information content (AvgIpc) is 3.09. The molecule has 21 heavy (non-hydrogen) atoms. The second-order valence-electron chi connectivity index (χ2n) is 6.40. The highest BCUT2D eigenvalue weighted by Gasteiger charge is 2.36. The molecular formula is C14H21N5OS. The van der Waals surface area contributed by atoms with Crippen molar-refractivity contribution in [3.63, 3.8) is 0 Å². The Morgan fingerprint density at radius 3 is 2.71 bits per heavy atom. The van der Waals surface area contributed by atoms with E-state index in [1.54, 1.807) is 0 Å². The van der Waals surface area contributed by atoms with Gasteiger partial charge >= 0.3 is 0 Å². The second-order valence-corrected chi connectivity index (χ2v) is 7.16. The lowest BCUT2D eigenvalue weighted by atomic mass is 9.77. The van der Waals surface area contributed by atoms with Gasteiger partial charge in [0, 0.05) is 0 Å². The van der Waals surface area contributed by atoms with E-state index in [4.69, 9.17) is 10.3 Å². The van der Waals surface area contributed by atoms with Gasteiger partial charge in [-0.15, -0.1) is 5.10 Å². The third-order valence-electron chi connectivity index (χ3n) is 4.29. The third-order valence-corrected chi connectivity index (χ3v) is 5.02. The first-order valence-electron chi connectivity index (χ1n) is 7.45. The summed E-state index contributed by atoms with van der Waals surface area (Å²) < 4.78 is 9.44. The number of nitrogens with zero attached hydrogens (tertiary/aromatic N) is 4. The number of hydrogen-bond donors (Lipinski definition) is 1. The molecule has 2 aromatic heterocycles. The van der Waals surface area contributed by atoms with Gasteiger partial charge in [0.1, 0.15) is 4.88 Å². The minimum absolute atomic E-state index is 0.275. The van der Waals surface area contributed by atoms with Gasteiger partial charge in [0.25, 0.3) is 5.89 Å². The Morgan fingerprint density at radius 2 is 2.05 bits per heavy atom. The fourth-order valence-electron chi connectivity index (χ4n) is 2.74. The minimum atomic E-state index is -0.454. The van der Waals surface area contributed by atoms with Gasteiger partial charge in [-0.2, -0.15) is 4.98 Å². The Hall–Kier alpha value is -1.34. The highest BCUT2D eigenvalue weighted by atomic mass is 32.1. The molecule has 2 N–H and O–H groups in total. The van der Waals surface area contributed by atoms with Crippen molar-refractivity contribution in [2.45, 2.75) is 57.9 Å². The van der Waals surface area contributed by atoms with Crippen LogP contribution < -0.4 is 5.73 Å². The van der Waals surface area contributed by atoms with E-state index in [1.807, 2.05) is 0 Å². The maximum absolute atomic E-state index is 6.49. The lowest BCUT2D eigenvalue weighted by Crippen LogP contribution is -2.41.